The van der Waals surface area contributed by atoms with Crippen LogP contribution in [0.5, 0.6) is 0 Å². The molecule has 0 saturated heterocycles. The van der Waals surface area contributed by atoms with Crippen LogP contribution in [0.3, 0.4) is 0 Å². The normalized spacial score (nSPS) is 13.1. The van der Waals surface area contributed by atoms with Crippen LogP contribution in [0, 0.1) is 24.0 Å². The summed E-state index contributed by atoms with van der Waals surface area (Å²) >= 11 is 0. The summed E-state index contributed by atoms with van der Waals surface area (Å²) < 4.78 is 27.1. The number of nitro groups is 1. The summed E-state index contributed by atoms with van der Waals surface area (Å²) in [5.74, 6) is 0. The van der Waals surface area contributed by atoms with Crippen molar-refractivity contribution in [1.82, 2.24) is 4.72 Å². The lowest BCUT2D eigenvalue weighted by Crippen LogP contribution is -2.40. The molecule has 1 aromatic rings. The van der Waals surface area contributed by atoms with E-state index in [1.54, 1.807) is 13.8 Å². The molecule has 1 unspecified atom stereocenters. The van der Waals surface area contributed by atoms with Crippen LogP contribution >= 0.6 is 0 Å². The molecule has 0 spiro atoms. The topological polar surface area (TPSA) is 115 Å². The zero-order valence-corrected chi connectivity index (χ0v) is 13.2. The van der Waals surface area contributed by atoms with Crippen molar-refractivity contribution in [2.45, 2.75) is 44.6 Å². The van der Waals surface area contributed by atoms with Gasteiger partial charge in [0, 0.05) is 24.2 Å². The summed E-state index contributed by atoms with van der Waals surface area (Å²) in [6, 6.07) is 2.15. The predicted octanol–water partition coefficient (Wildman–Crippen LogP) is 1.62. The van der Waals surface area contributed by atoms with Crippen LogP contribution in [0.25, 0.3) is 0 Å². The Kier molecular flexibility index (Phi) is 5.82. The van der Waals surface area contributed by atoms with Crippen molar-refractivity contribution in [2.75, 3.05) is 6.54 Å². The van der Waals surface area contributed by atoms with Gasteiger partial charge in [0.25, 0.3) is 5.69 Å². The van der Waals surface area contributed by atoms with Crippen LogP contribution in [0.1, 0.15) is 30.9 Å². The highest BCUT2D eigenvalue weighted by molar-refractivity contribution is 7.89. The van der Waals surface area contributed by atoms with Crippen LogP contribution < -0.4 is 10.5 Å². The first kappa shape index (κ1) is 17.5. The summed E-state index contributed by atoms with van der Waals surface area (Å²) in [5.41, 5.74) is 6.36. The molecule has 0 radical (unpaired) electrons. The van der Waals surface area contributed by atoms with Crippen molar-refractivity contribution in [2.24, 2.45) is 5.73 Å². The van der Waals surface area contributed by atoms with Crippen LogP contribution in [0.4, 0.5) is 5.69 Å². The van der Waals surface area contributed by atoms with Crippen LogP contribution in [-0.2, 0) is 10.0 Å². The fourth-order valence-electron chi connectivity index (χ4n) is 2.01. The van der Waals surface area contributed by atoms with Crippen LogP contribution in [-0.4, -0.2) is 25.9 Å². The molecule has 118 valence electrons. The Morgan fingerprint density at radius 2 is 2.00 bits per heavy atom. The number of nitrogens with two attached hydrogens (primary N) is 1. The average molecular weight is 315 g/mol. The van der Waals surface area contributed by atoms with Crippen molar-refractivity contribution in [3.05, 3.63) is 33.4 Å². The number of hydrogen-bond acceptors (Lipinski definition) is 5. The molecule has 1 atom stereocenters. The fraction of sp³-hybridized carbons (Fsp3) is 0.538. The molecule has 0 aromatic heterocycles. The third-order valence-corrected chi connectivity index (χ3v) is 4.86. The molecule has 21 heavy (non-hydrogen) atoms. The van der Waals surface area contributed by atoms with Crippen LogP contribution in [0.2, 0.25) is 0 Å². The van der Waals surface area contributed by atoms with E-state index in [0.717, 1.165) is 12.5 Å². The van der Waals surface area contributed by atoms with E-state index in [9.17, 15) is 18.5 Å². The second kappa shape index (κ2) is 6.97. The molecule has 0 fully saturated rings. The van der Waals surface area contributed by atoms with Crippen molar-refractivity contribution in [3.8, 4) is 0 Å². The van der Waals surface area contributed by atoms with Gasteiger partial charge in [-0.25, -0.2) is 13.1 Å². The molecule has 0 saturated carbocycles. The number of rotatable bonds is 7. The van der Waals surface area contributed by atoms with Gasteiger partial charge in [-0.1, -0.05) is 13.3 Å². The summed E-state index contributed by atoms with van der Waals surface area (Å²) in [4.78, 5) is 10.3. The Bertz CT molecular complexity index is 629. The van der Waals surface area contributed by atoms with Gasteiger partial charge in [0.1, 0.15) is 0 Å². The standard InChI is InChI=1S/C13H21N3O4S/c1-4-5-11(8-14)15-21(19,20)12-6-9(2)10(3)13(7-12)16(17)18/h6-7,11,15H,4-5,8,14H2,1-3H3. The molecule has 0 amide bonds. The highest BCUT2D eigenvalue weighted by Crippen LogP contribution is 2.26. The van der Waals surface area contributed by atoms with E-state index in [0.29, 0.717) is 17.5 Å². The number of nitrogens with zero attached hydrogens (tertiary/aromatic N) is 1. The third kappa shape index (κ3) is 4.23. The number of sulfonamides is 1. The minimum Gasteiger partial charge on any atom is -0.329 e. The van der Waals surface area contributed by atoms with E-state index in [-0.39, 0.29) is 23.2 Å². The second-order valence-corrected chi connectivity index (χ2v) is 6.70. The Morgan fingerprint density at radius 1 is 1.38 bits per heavy atom. The predicted molar refractivity (Wildman–Crippen MR) is 80.6 cm³/mol. The van der Waals surface area contributed by atoms with Gasteiger partial charge < -0.3 is 5.73 Å². The minimum absolute atomic E-state index is 0.105. The molecule has 3 N–H and O–H groups in total. The van der Waals surface area contributed by atoms with E-state index >= 15 is 0 Å². The molecule has 7 nitrogen and oxygen atoms in total. The monoisotopic (exact) mass is 315 g/mol. The first-order chi connectivity index (χ1) is 9.72. The molecular weight excluding hydrogens is 294 g/mol. The van der Waals surface area contributed by atoms with Gasteiger partial charge >= 0.3 is 0 Å². The lowest BCUT2D eigenvalue weighted by atomic mass is 10.1. The van der Waals surface area contributed by atoms with Crippen LogP contribution in [0.15, 0.2) is 17.0 Å². The molecule has 1 aromatic carbocycles. The Labute approximate surface area is 124 Å². The van der Waals surface area contributed by atoms with E-state index in [1.165, 1.54) is 6.07 Å². The van der Waals surface area contributed by atoms with E-state index < -0.39 is 14.9 Å². The van der Waals surface area contributed by atoms with Gasteiger partial charge in [-0.2, -0.15) is 0 Å². The lowest BCUT2D eigenvalue weighted by Gasteiger charge is -2.16. The first-order valence-electron chi connectivity index (χ1n) is 6.71. The van der Waals surface area contributed by atoms with Gasteiger partial charge in [-0.15, -0.1) is 0 Å². The van der Waals surface area contributed by atoms with Crippen molar-refractivity contribution in [1.29, 1.82) is 0 Å². The van der Waals surface area contributed by atoms with E-state index in [1.807, 2.05) is 6.92 Å². The second-order valence-electron chi connectivity index (χ2n) is 4.98. The number of nitrogens with one attached hydrogen (secondary N) is 1. The highest BCUT2D eigenvalue weighted by atomic mass is 32.2. The lowest BCUT2D eigenvalue weighted by molar-refractivity contribution is -0.385. The molecule has 0 aliphatic heterocycles. The maximum Gasteiger partial charge on any atom is 0.273 e. The van der Waals surface area contributed by atoms with Crippen molar-refractivity contribution in [3.63, 3.8) is 0 Å². The largest absolute Gasteiger partial charge is 0.329 e. The smallest absolute Gasteiger partial charge is 0.273 e. The molecule has 0 aliphatic carbocycles. The van der Waals surface area contributed by atoms with Gasteiger partial charge in [0.2, 0.25) is 10.0 Å². The number of hydrogen-bond donors (Lipinski definition) is 2. The highest BCUT2D eigenvalue weighted by Gasteiger charge is 2.23. The molecule has 8 heteroatoms. The van der Waals surface area contributed by atoms with E-state index in [2.05, 4.69) is 4.72 Å². The van der Waals surface area contributed by atoms with Gasteiger partial charge in [-0.3, -0.25) is 10.1 Å². The SMILES string of the molecule is CCCC(CN)NS(=O)(=O)c1cc(C)c(C)c([N+](=O)[O-])c1. The molecule has 0 aliphatic rings. The zero-order chi connectivity index (χ0) is 16.2. The number of benzene rings is 1. The molecule has 0 heterocycles. The zero-order valence-electron chi connectivity index (χ0n) is 12.4. The van der Waals surface area contributed by atoms with Crippen molar-refractivity contribution >= 4 is 15.7 Å². The van der Waals surface area contributed by atoms with Gasteiger partial charge in [-0.05, 0) is 31.9 Å². The third-order valence-electron chi connectivity index (χ3n) is 3.36. The van der Waals surface area contributed by atoms with Gasteiger partial charge in [0.05, 0.1) is 9.82 Å². The summed E-state index contributed by atoms with van der Waals surface area (Å²) in [7, 11) is -3.82. The Balaban J connectivity index is 3.23. The number of nitro benzene ring substituents is 1. The summed E-state index contributed by atoms with van der Waals surface area (Å²) in [6.07, 6.45) is 1.40. The Morgan fingerprint density at radius 3 is 2.48 bits per heavy atom. The maximum absolute atomic E-state index is 12.3. The number of aryl methyl sites for hydroxylation is 1. The molecule has 1 rings (SSSR count). The van der Waals surface area contributed by atoms with Gasteiger partial charge in [0.15, 0.2) is 0 Å². The quantitative estimate of drug-likeness (QED) is 0.586. The van der Waals surface area contributed by atoms with Crippen molar-refractivity contribution < 1.29 is 13.3 Å². The first-order valence-corrected chi connectivity index (χ1v) is 8.19. The summed E-state index contributed by atoms with van der Waals surface area (Å²) in [6.45, 7) is 5.35. The fourth-order valence-corrected chi connectivity index (χ4v) is 3.40. The maximum atomic E-state index is 12.3. The Hall–Kier alpha value is -1.51. The summed E-state index contributed by atoms with van der Waals surface area (Å²) in [5, 5.41) is 11.0. The molecule has 0 bridgehead atoms. The minimum atomic E-state index is -3.82. The van der Waals surface area contributed by atoms with E-state index in [4.69, 9.17) is 5.73 Å². The molecular formula is C13H21N3O4S. The average Bonchev–Trinajstić information content (AvgIpc) is 2.40.